The monoisotopic (exact) mass is 268 g/mol. The third-order valence-corrected chi connectivity index (χ3v) is 5.65. The number of rotatable bonds is 2. The molecule has 1 unspecified atom stereocenters. The van der Waals surface area contributed by atoms with Gasteiger partial charge in [0.05, 0.1) is 16.8 Å². The lowest BCUT2D eigenvalue weighted by atomic mass is 9.81. The van der Waals surface area contributed by atoms with Gasteiger partial charge in [0.25, 0.3) is 0 Å². The predicted molar refractivity (Wildman–Crippen MR) is 71.6 cm³/mol. The summed E-state index contributed by atoms with van der Waals surface area (Å²) in [4.78, 5) is 0.491. The van der Waals surface area contributed by atoms with Crippen LogP contribution < -0.4 is 0 Å². The van der Waals surface area contributed by atoms with E-state index < -0.39 is 9.84 Å². The Morgan fingerprint density at radius 2 is 2.00 bits per heavy atom. The SMILES string of the molecule is COC(C)c1ccc2c(c1)C(C)(C)CCS2(=O)=O. The second-order valence-corrected chi connectivity index (χ2v) is 7.66. The lowest BCUT2D eigenvalue weighted by Gasteiger charge is -2.33. The smallest absolute Gasteiger partial charge is 0.178 e. The van der Waals surface area contributed by atoms with Crippen molar-refractivity contribution in [1.82, 2.24) is 0 Å². The first-order chi connectivity index (χ1) is 8.28. The predicted octanol–water partition coefficient (Wildman–Crippen LogP) is 2.85. The quantitative estimate of drug-likeness (QED) is 0.828. The van der Waals surface area contributed by atoms with Crippen LogP contribution in [0, 0.1) is 0 Å². The Morgan fingerprint density at radius 3 is 2.61 bits per heavy atom. The van der Waals surface area contributed by atoms with Crippen molar-refractivity contribution < 1.29 is 13.2 Å². The Hall–Kier alpha value is -0.870. The van der Waals surface area contributed by atoms with E-state index >= 15 is 0 Å². The fourth-order valence-corrected chi connectivity index (χ4v) is 4.32. The van der Waals surface area contributed by atoms with E-state index in [9.17, 15) is 8.42 Å². The molecule has 1 aliphatic heterocycles. The van der Waals surface area contributed by atoms with Gasteiger partial charge >= 0.3 is 0 Å². The zero-order valence-electron chi connectivity index (χ0n) is 11.4. The molecule has 18 heavy (non-hydrogen) atoms. The first kappa shape index (κ1) is 13.6. The van der Waals surface area contributed by atoms with Crippen molar-refractivity contribution >= 4 is 9.84 Å². The third kappa shape index (κ3) is 2.19. The first-order valence-electron chi connectivity index (χ1n) is 6.18. The van der Waals surface area contributed by atoms with Crippen molar-refractivity contribution in [2.75, 3.05) is 12.9 Å². The van der Waals surface area contributed by atoms with Crippen molar-refractivity contribution in [3.05, 3.63) is 29.3 Å². The highest BCUT2D eigenvalue weighted by Crippen LogP contribution is 2.39. The molecule has 2 rings (SSSR count). The van der Waals surface area contributed by atoms with E-state index in [-0.39, 0.29) is 17.3 Å². The van der Waals surface area contributed by atoms with E-state index in [2.05, 4.69) is 13.8 Å². The number of hydrogen-bond donors (Lipinski definition) is 0. The number of benzene rings is 1. The Bertz CT molecular complexity index is 558. The number of methoxy groups -OCH3 is 1. The second-order valence-electron chi connectivity index (χ2n) is 5.59. The van der Waals surface area contributed by atoms with Gasteiger partial charge in [-0.25, -0.2) is 8.42 Å². The van der Waals surface area contributed by atoms with Crippen molar-refractivity contribution in [3.8, 4) is 0 Å². The molecule has 3 nitrogen and oxygen atoms in total. The summed E-state index contributed by atoms with van der Waals surface area (Å²) in [7, 11) is -1.44. The van der Waals surface area contributed by atoms with Crippen molar-refractivity contribution in [2.24, 2.45) is 0 Å². The fraction of sp³-hybridized carbons (Fsp3) is 0.571. The highest BCUT2D eigenvalue weighted by molar-refractivity contribution is 7.91. The van der Waals surface area contributed by atoms with Crippen LogP contribution in [0.4, 0.5) is 0 Å². The topological polar surface area (TPSA) is 43.4 Å². The van der Waals surface area contributed by atoms with Crippen molar-refractivity contribution in [2.45, 2.75) is 43.6 Å². The molecule has 0 N–H and O–H groups in total. The van der Waals surface area contributed by atoms with Crippen molar-refractivity contribution in [3.63, 3.8) is 0 Å². The molecular formula is C14H20O3S. The molecule has 0 saturated carbocycles. The summed E-state index contributed by atoms with van der Waals surface area (Å²) in [6, 6.07) is 5.57. The molecular weight excluding hydrogens is 248 g/mol. The van der Waals surface area contributed by atoms with Crippen molar-refractivity contribution in [1.29, 1.82) is 0 Å². The highest BCUT2D eigenvalue weighted by Gasteiger charge is 2.35. The molecule has 100 valence electrons. The summed E-state index contributed by atoms with van der Waals surface area (Å²) in [6.07, 6.45) is 0.656. The van der Waals surface area contributed by atoms with Gasteiger partial charge in [0.15, 0.2) is 9.84 Å². The molecule has 1 heterocycles. The summed E-state index contributed by atoms with van der Waals surface area (Å²) < 4.78 is 29.5. The molecule has 1 atom stereocenters. The van der Waals surface area contributed by atoms with Gasteiger partial charge in [0.1, 0.15) is 0 Å². The molecule has 0 amide bonds. The van der Waals surface area contributed by atoms with Crippen LogP contribution in [0.1, 0.15) is 44.4 Å². The van der Waals surface area contributed by atoms with Gasteiger partial charge in [-0.3, -0.25) is 0 Å². The molecule has 0 radical (unpaired) electrons. The highest BCUT2D eigenvalue weighted by atomic mass is 32.2. The van der Waals surface area contributed by atoms with E-state index in [1.165, 1.54) is 0 Å². The molecule has 1 aliphatic rings. The van der Waals surface area contributed by atoms with Crippen LogP contribution in [0.5, 0.6) is 0 Å². The minimum absolute atomic E-state index is 0.0178. The first-order valence-corrected chi connectivity index (χ1v) is 7.83. The summed E-state index contributed by atoms with van der Waals surface area (Å²) in [5, 5.41) is 0. The van der Waals surface area contributed by atoms with Crippen LogP contribution in [0.25, 0.3) is 0 Å². The normalized spacial score (nSPS) is 22.2. The molecule has 1 aromatic carbocycles. The van der Waals surface area contributed by atoms with Gasteiger partial charge in [0.2, 0.25) is 0 Å². The van der Waals surface area contributed by atoms with Crippen LogP contribution in [0.2, 0.25) is 0 Å². The number of hydrogen-bond acceptors (Lipinski definition) is 3. The zero-order valence-corrected chi connectivity index (χ0v) is 12.2. The van der Waals surface area contributed by atoms with Crippen LogP contribution in [0.3, 0.4) is 0 Å². The standard InChI is InChI=1S/C14H20O3S/c1-10(17-4)11-5-6-13-12(9-11)14(2,3)7-8-18(13,15)16/h5-6,9-10H,7-8H2,1-4H3. The lowest BCUT2D eigenvalue weighted by Crippen LogP contribution is -2.30. The fourth-order valence-electron chi connectivity index (χ4n) is 2.37. The molecule has 0 fully saturated rings. The molecule has 0 bridgehead atoms. The van der Waals surface area contributed by atoms with Crippen LogP contribution in [-0.4, -0.2) is 21.3 Å². The Labute approximate surface area is 109 Å². The molecule has 0 saturated heterocycles. The molecule has 0 aliphatic carbocycles. The minimum atomic E-state index is -3.10. The second kappa shape index (κ2) is 4.35. The zero-order chi connectivity index (χ0) is 13.6. The molecule has 4 heteroatoms. The maximum atomic E-state index is 12.1. The van der Waals surface area contributed by atoms with Gasteiger partial charge in [-0.15, -0.1) is 0 Å². The van der Waals surface area contributed by atoms with Gasteiger partial charge in [-0.2, -0.15) is 0 Å². The maximum absolute atomic E-state index is 12.1. The van der Waals surface area contributed by atoms with Crippen LogP contribution in [-0.2, 0) is 20.0 Å². The van der Waals surface area contributed by atoms with E-state index in [1.54, 1.807) is 13.2 Å². The van der Waals surface area contributed by atoms with Gasteiger partial charge < -0.3 is 4.74 Å². The van der Waals surface area contributed by atoms with Gasteiger partial charge in [-0.1, -0.05) is 26.0 Å². The lowest BCUT2D eigenvalue weighted by molar-refractivity contribution is 0.119. The number of ether oxygens (including phenoxy) is 1. The molecule has 1 aromatic rings. The largest absolute Gasteiger partial charge is 0.377 e. The third-order valence-electron chi connectivity index (χ3n) is 3.89. The van der Waals surface area contributed by atoms with Gasteiger partial charge in [0, 0.05) is 7.11 Å². The summed E-state index contributed by atoms with van der Waals surface area (Å²) in [5.74, 6) is 0.242. The van der Waals surface area contributed by atoms with Gasteiger partial charge in [-0.05, 0) is 36.0 Å². The average molecular weight is 268 g/mol. The number of fused-ring (bicyclic) bond motifs is 1. The molecule has 0 spiro atoms. The number of sulfone groups is 1. The minimum Gasteiger partial charge on any atom is -0.377 e. The van der Waals surface area contributed by atoms with E-state index in [0.717, 1.165) is 11.1 Å². The van der Waals surface area contributed by atoms with Crippen LogP contribution in [0.15, 0.2) is 23.1 Å². The summed E-state index contributed by atoms with van der Waals surface area (Å²) >= 11 is 0. The summed E-state index contributed by atoms with van der Waals surface area (Å²) in [6.45, 7) is 6.16. The van der Waals surface area contributed by atoms with E-state index in [1.807, 2.05) is 19.1 Å². The Kier molecular flexibility index (Phi) is 3.28. The Morgan fingerprint density at radius 1 is 1.33 bits per heavy atom. The Balaban J connectivity index is 2.62. The maximum Gasteiger partial charge on any atom is 0.178 e. The van der Waals surface area contributed by atoms with Crippen LogP contribution >= 0.6 is 0 Å². The van der Waals surface area contributed by atoms with E-state index in [4.69, 9.17) is 4.74 Å². The molecule has 0 aromatic heterocycles. The summed E-state index contributed by atoms with van der Waals surface area (Å²) in [5.41, 5.74) is 1.86. The average Bonchev–Trinajstić information content (AvgIpc) is 2.34. The van der Waals surface area contributed by atoms with E-state index in [0.29, 0.717) is 11.3 Å².